The summed E-state index contributed by atoms with van der Waals surface area (Å²) in [5.41, 5.74) is 5.95. The molecule has 0 saturated carbocycles. The highest BCUT2D eigenvalue weighted by atomic mass is 16.5. The molecule has 0 radical (unpaired) electrons. The van der Waals surface area contributed by atoms with Gasteiger partial charge in [-0.2, -0.15) is 5.10 Å². The molecule has 18 heavy (non-hydrogen) atoms. The van der Waals surface area contributed by atoms with Gasteiger partial charge in [-0.25, -0.2) is 4.79 Å². The number of nitrogens with two attached hydrogens (primary N) is 1. The van der Waals surface area contributed by atoms with E-state index < -0.39 is 5.97 Å². The third-order valence-electron chi connectivity index (χ3n) is 2.45. The number of nitrogen functional groups attached to an aromatic ring is 1. The Morgan fingerprint density at radius 2 is 2.11 bits per heavy atom. The number of anilines is 1. The van der Waals surface area contributed by atoms with Crippen LogP contribution in [0.4, 0.5) is 5.82 Å². The first-order valence-electron chi connectivity index (χ1n) is 5.42. The molecule has 1 heterocycles. The number of benzene rings is 1. The van der Waals surface area contributed by atoms with Crippen LogP contribution < -0.4 is 10.5 Å². The fourth-order valence-corrected chi connectivity index (χ4v) is 1.60. The largest absolute Gasteiger partial charge is 0.493 e. The molecule has 4 N–H and O–H groups in total. The first-order valence-corrected chi connectivity index (χ1v) is 5.42. The first-order chi connectivity index (χ1) is 8.68. The summed E-state index contributed by atoms with van der Waals surface area (Å²) >= 11 is 0. The summed E-state index contributed by atoms with van der Waals surface area (Å²) in [6, 6.07) is 9.29. The lowest BCUT2D eigenvalue weighted by atomic mass is 10.2. The number of rotatable bonds is 5. The summed E-state index contributed by atoms with van der Waals surface area (Å²) in [5, 5.41) is 15.3. The second kappa shape index (κ2) is 5.22. The second-order valence-corrected chi connectivity index (χ2v) is 3.68. The summed E-state index contributed by atoms with van der Waals surface area (Å²) in [6.45, 7) is 0.353. The average molecular weight is 247 g/mol. The average Bonchev–Trinajstić information content (AvgIpc) is 2.72. The fourth-order valence-electron chi connectivity index (χ4n) is 1.60. The van der Waals surface area contributed by atoms with E-state index in [1.807, 2.05) is 30.3 Å². The number of nitrogens with one attached hydrogen (secondary N) is 1. The molecule has 0 saturated heterocycles. The molecule has 1 aromatic heterocycles. The van der Waals surface area contributed by atoms with E-state index in [2.05, 4.69) is 10.2 Å². The SMILES string of the molecule is Nc1n[nH]c(CCOc2ccccc2)c1C(=O)O. The summed E-state index contributed by atoms with van der Waals surface area (Å²) in [4.78, 5) is 11.0. The number of carboxylic acids is 1. The zero-order valence-corrected chi connectivity index (χ0v) is 9.59. The Kier molecular flexibility index (Phi) is 3.47. The maximum Gasteiger partial charge on any atom is 0.341 e. The number of H-pyrrole nitrogens is 1. The van der Waals surface area contributed by atoms with Gasteiger partial charge in [0, 0.05) is 6.42 Å². The Balaban J connectivity index is 1.97. The molecule has 0 spiro atoms. The molecular weight excluding hydrogens is 234 g/mol. The number of aromatic amines is 1. The number of aromatic nitrogens is 2. The third kappa shape index (κ3) is 2.60. The molecule has 0 aliphatic rings. The quantitative estimate of drug-likeness (QED) is 0.739. The maximum absolute atomic E-state index is 11.0. The van der Waals surface area contributed by atoms with Crippen LogP contribution in [0.5, 0.6) is 5.75 Å². The zero-order valence-electron chi connectivity index (χ0n) is 9.59. The van der Waals surface area contributed by atoms with Crippen molar-refractivity contribution in [3.05, 3.63) is 41.6 Å². The Morgan fingerprint density at radius 3 is 2.78 bits per heavy atom. The molecule has 1 aromatic carbocycles. The minimum Gasteiger partial charge on any atom is -0.493 e. The van der Waals surface area contributed by atoms with Crippen molar-refractivity contribution < 1.29 is 14.6 Å². The van der Waals surface area contributed by atoms with Crippen LogP contribution in [0.3, 0.4) is 0 Å². The van der Waals surface area contributed by atoms with Crippen molar-refractivity contribution in [3.8, 4) is 5.75 Å². The summed E-state index contributed by atoms with van der Waals surface area (Å²) < 4.78 is 5.47. The Bertz CT molecular complexity index is 537. The standard InChI is InChI=1S/C12H13N3O3/c13-11-10(12(16)17)9(14-15-11)6-7-18-8-4-2-1-3-5-8/h1-5H,6-7H2,(H,16,17)(H3,13,14,15). The van der Waals surface area contributed by atoms with Gasteiger partial charge in [0.1, 0.15) is 11.3 Å². The van der Waals surface area contributed by atoms with Crippen molar-refractivity contribution in [2.45, 2.75) is 6.42 Å². The molecule has 0 atom stereocenters. The first kappa shape index (κ1) is 12.0. The van der Waals surface area contributed by atoms with Crippen LogP contribution in [0.15, 0.2) is 30.3 Å². The highest BCUT2D eigenvalue weighted by molar-refractivity contribution is 5.93. The van der Waals surface area contributed by atoms with E-state index in [9.17, 15) is 4.79 Å². The Hall–Kier alpha value is -2.50. The van der Waals surface area contributed by atoms with Gasteiger partial charge in [-0.1, -0.05) is 18.2 Å². The molecule has 2 rings (SSSR count). The van der Waals surface area contributed by atoms with Crippen molar-refractivity contribution in [2.24, 2.45) is 0 Å². The maximum atomic E-state index is 11.0. The molecule has 2 aromatic rings. The van der Waals surface area contributed by atoms with Gasteiger partial charge in [0.05, 0.1) is 12.3 Å². The Morgan fingerprint density at radius 1 is 1.39 bits per heavy atom. The molecule has 0 bridgehead atoms. The molecule has 0 aliphatic heterocycles. The number of hydrogen-bond acceptors (Lipinski definition) is 4. The smallest absolute Gasteiger partial charge is 0.341 e. The lowest BCUT2D eigenvalue weighted by molar-refractivity contribution is 0.0697. The molecule has 0 aliphatic carbocycles. The number of nitrogens with zero attached hydrogens (tertiary/aromatic N) is 1. The van der Waals surface area contributed by atoms with Gasteiger partial charge in [0.15, 0.2) is 5.82 Å². The lowest BCUT2D eigenvalue weighted by Gasteiger charge is -2.05. The number of carbonyl (C=O) groups is 1. The summed E-state index contributed by atoms with van der Waals surface area (Å²) in [6.07, 6.45) is 0.403. The van der Waals surface area contributed by atoms with Gasteiger partial charge in [0.25, 0.3) is 0 Å². The van der Waals surface area contributed by atoms with Crippen molar-refractivity contribution in [1.82, 2.24) is 10.2 Å². The van der Waals surface area contributed by atoms with Crippen LogP contribution in [-0.4, -0.2) is 27.9 Å². The van der Waals surface area contributed by atoms with Crippen LogP contribution in [0.25, 0.3) is 0 Å². The van der Waals surface area contributed by atoms with Gasteiger partial charge < -0.3 is 15.6 Å². The predicted molar refractivity (Wildman–Crippen MR) is 65.6 cm³/mol. The van der Waals surface area contributed by atoms with Gasteiger partial charge >= 0.3 is 5.97 Å². The molecule has 0 unspecified atom stereocenters. The minimum atomic E-state index is -1.09. The zero-order chi connectivity index (χ0) is 13.0. The fraction of sp³-hybridized carbons (Fsp3) is 0.167. The number of hydrogen-bond donors (Lipinski definition) is 3. The monoisotopic (exact) mass is 247 g/mol. The number of aromatic carboxylic acids is 1. The van der Waals surface area contributed by atoms with Crippen LogP contribution in [0.2, 0.25) is 0 Å². The summed E-state index contributed by atoms with van der Waals surface area (Å²) in [7, 11) is 0. The minimum absolute atomic E-state index is 0.00258. The molecule has 6 heteroatoms. The Labute approximate surface area is 103 Å². The van der Waals surface area contributed by atoms with Gasteiger partial charge in [-0.3, -0.25) is 5.10 Å². The number of para-hydroxylation sites is 1. The summed E-state index contributed by atoms with van der Waals surface area (Å²) in [5.74, 6) is -0.352. The van der Waals surface area contributed by atoms with Gasteiger partial charge in [-0.05, 0) is 12.1 Å². The number of ether oxygens (including phenoxy) is 1. The molecule has 6 nitrogen and oxygen atoms in total. The van der Waals surface area contributed by atoms with Gasteiger partial charge in [-0.15, -0.1) is 0 Å². The van der Waals surface area contributed by atoms with Crippen molar-refractivity contribution >= 4 is 11.8 Å². The predicted octanol–water partition coefficient (Wildman–Crippen LogP) is 1.31. The van der Waals surface area contributed by atoms with Crippen LogP contribution in [0, 0.1) is 0 Å². The van der Waals surface area contributed by atoms with E-state index in [1.165, 1.54) is 0 Å². The molecular formula is C12H13N3O3. The van der Waals surface area contributed by atoms with E-state index in [1.54, 1.807) is 0 Å². The highest BCUT2D eigenvalue weighted by Crippen LogP contribution is 2.15. The third-order valence-corrected chi connectivity index (χ3v) is 2.45. The van der Waals surface area contributed by atoms with E-state index in [0.717, 1.165) is 5.75 Å². The van der Waals surface area contributed by atoms with E-state index >= 15 is 0 Å². The lowest BCUT2D eigenvalue weighted by Crippen LogP contribution is -2.07. The molecule has 0 fully saturated rings. The van der Waals surface area contributed by atoms with Crippen LogP contribution in [0.1, 0.15) is 16.1 Å². The molecule has 94 valence electrons. The van der Waals surface area contributed by atoms with Crippen LogP contribution >= 0.6 is 0 Å². The van der Waals surface area contributed by atoms with Crippen LogP contribution in [-0.2, 0) is 6.42 Å². The van der Waals surface area contributed by atoms with Gasteiger partial charge in [0.2, 0.25) is 0 Å². The topological polar surface area (TPSA) is 101 Å². The van der Waals surface area contributed by atoms with E-state index in [4.69, 9.17) is 15.6 Å². The molecule has 0 amide bonds. The van der Waals surface area contributed by atoms with E-state index in [0.29, 0.717) is 18.7 Å². The number of carboxylic acid groups (broad SMARTS) is 1. The van der Waals surface area contributed by atoms with Crippen molar-refractivity contribution in [2.75, 3.05) is 12.3 Å². The van der Waals surface area contributed by atoms with E-state index in [-0.39, 0.29) is 11.4 Å². The highest BCUT2D eigenvalue weighted by Gasteiger charge is 2.17. The second-order valence-electron chi connectivity index (χ2n) is 3.68. The normalized spacial score (nSPS) is 10.2. The van der Waals surface area contributed by atoms with Crippen molar-refractivity contribution in [1.29, 1.82) is 0 Å². The van der Waals surface area contributed by atoms with Crippen molar-refractivity contribution in [3.63, 3.8) is 0 Å².